The van der Waals surface area contributed by atoms with Crippen molar-refractivity contribution in [3.8, 4) is 5.75 Å². The molecule has 0 spiro atoms. The molecule has 0 saturated carbocycles. The Morgan fingerprint density at radius 1 is 0.958 bits per heavy atom. The molecular formula is C16H18O4S4. The van der Waals surface area contributed by atoms with E-state index in [0.29, 0.717) is 27.5 Å². The maximum atomic E-state index is 12.2. The molecule has 0 aliphatic rings. The van der Waals surface area contributed by atoms with Crippen LogP contribution in [-0.2, 0) is 28.8 Å². The van der Waals surface area contributed by atoms with E-state index >= 15 is 0 Å². The lowest BCUT2D eigenvalue weighted by Gasteiger charge is -2.08. The molecule has 0 heterocycles. The van der Waals surface area contributed by atoms with Crippen LogP contribution in [0, 0.1) is 13.8 Å². The molecule has 2 aromatic carbocycles. The molecule has 130 valence electrons. The highest BCUT2D eigenvalue weighted by Gasteiger charge is 2.15. The first-order valence-electron chi connectivity index (χ1n) is 7.13. The van der Waals surface area contributed by atoms with Gasteiger partial charge in [0, 0.05) is 11.5 Å². The summed E-state index contributed by atoms with van der Waals surface area (Å²) >= 11 is 0. The molecule has 1 unspecified atom stereocenters. The normalized spacial score (nSPS) is 12.6. The van der Waals surface area contributed by atoms with Gasteiger partial charge in [0.25, 0.3) is 0 Å². The molecule has 24 heavy (non-hydrogen) atoms. The van der Waals surface area contributed by atoms with Crippen molar-refractivity contribution in [3.05, 3.63) is 59.7 Å². The summed E-state index contributed by atoms with van der Waals surface area (Å²) in [6.07, 6.45) is 0. The van der Waals surface area contributed by atoms with E-state index in [0.717, 1.165) is 21.9 Å². The average Bonchev–Trinajstić information content (AvgIpc) is 2.56. The second-order valence-corrected chi connectivity index (χ2v) is 12.0. The van der Waals surface area contributed by atoms with E-state index in [-0.39, 0.29) is 4.90 Å². The van der Waals surface area contributed by atoms with Crippen LogP contribution < -0.4 is 4.18 Å². The highest BCUT2D eigenvalue weighted by atomic mass is 33.1. The number of rotatable bonds is 7. The zero-order valence-corrected chi connectivity index (χ0v) is 16.6. The Kier molecular flexibility index (Phi) is 7.09. The van der Waals surface area contributed by atoms with Gasteiger partial charge < -0.3 is 4.18 Å². The minimum absolute atomic E-state index is 0.284. The summed E-state index contributed by atoms with van der Waals surface area (Å²) in [5.41, 5.74) is 2.12. The lowest BCUT2D eigenvalue weighted by atomic mass is 10.2. The molecular weight excluding hydrogens is 384 g/mol. The number of hydrogen-bond donors (Lipinski definition) is 0. The highest BCUT2D eigenvalue weighted by Crippen LogP contribution is 2.23. The van der Waals surface area contributed by atoms with Crippen LogP contribution in [0.15, 0.2) is 53.4 Å². The number of aryl methyl sites for hydroxylation is 2. The molecule has 0 saturated heterocycles. The first-order chi connectivity index (χ1) is 11.4. The highest BCUT2D eigenvalue weighted by molar-refractivity contribution is 8.72. The smallest absolute Gasteiger partial charge is 0.230 e. The Balaban J connectivity index is 1.93. The SMILES string of the molecule is Cc1ccc(OS(CCSS(=O)(=O)c2ccc(C)cc2)=S=O)cc1. The van der Waals surface area contributed by atoms with Crippen LogP contribution in [0.3, 0.4) is 0 Å². The summed E-state index contributed by atoms with van der Waals surface area (Å²) in [7, 11) is -3.11. The monoisotopic (exact) mass is 402 g/mol. The van der Waals surface area contributed by atoms with Crippen LogP contribution in [0.4, 0.5) is 0 Å². The lowest BCUT2D eigenvalue weighted by Crippen LogP contribution is -2.08. The van der Waals surface area contributed by atoms with Crippen molar-refractivity contribution in [2.45, 2.75) is 18.7 Å². The third-order valence-electron chi connectivity index (χ3n) is 3.08. The fraction of sp³-hybridized carbons (Fsp3) is 0.250. The summed E-state index contributed by atoms with van der Waals surface area (Å²) in [5, 5.41) is 0. The van der Waals surface area contributed by atoms with Crippen molar-refractivity contribution in [2.75, 3.05) is 11.5 Å². The van der Waals surface area contributed by atoms with E-state index < -0.39 is 18.6 Å². The van der Waals surface area contributed by atoms with Gasteiger partial charge in [0.05, 0.1) is 14.6 Å². The van der Waals surface area contributed by atoms with Gasteiger partial charge in [-0.1, -0.05) is 35.4 Å². The topological polar surface area (TPSA) is 60.4 Å². The molecule has 0 fully saturated rings. The fourth-order valence-electron chi connectivity index (χ4n) is 1.78. The van der Waals surface area contributed by atoms with Gasteiger partial charge in [0.2, 0.25) is 8.87 Å². The first-order valence-corrected chi connectivity index (χ1v) is 12.7. The summed E-state index contributed by atoms with van der Waals surface area (Å²) in [4.78, 5) is 0.284. The minimum Gasteiger partial charge on any atom is -0.422 e. The van der Waals surface area contributed by atoms with E-state index in [1.54, 1.807) is 24.3 Å². The Morgan fingerprint density at radius 3 is 2.04 bits per heavy atom. The van der Waals surface area contributed by atoms with Gasteiger partial charge in [-0.25, -0.2) is 12.6 Å². The zero-order valence-electron chi connectivity index (χ0n) is 13.3. The van der Waals surface area contributed by atoms with Gasteiger partial charge in [-0.15, -0.1) is 0 Å². The van der Waals surface area contributed by atoms with Crippen LogP contribution in [-0.4, -0.2) is 24.1 Å². The first kappa shape index (κ1) is 19.2. The van der Waals surface area contributed by atoms with Crippen LogP contribution in [0.2, 0.25) is 0 Å². The summed E-state index contributed by atoms with van der Waals surface area (Å²) in [5.74, 6) is 1.30. The van der Waals surface area contributed by atoms with Crippen LogP contribution in [0.1, 0.15) is 11.1 Å². The largest absolute Gasteiger partial charge is 0.422 e. The van der Waals surface area contributed by atoms with E-state index in [9.17, 15) is 12.6 Å². The van der Waals surface area contributed by atoms with Gasteiger partial charge >= 0.3 is 0 Å². The molecule has 8 heteroatoms. The number of benzene rings is 2. The Hall–Kier alpha value is -1.09. The maximum Gasteiger partial charge on any atom is 0.230 e. The second-order valence-electron chi connectivity index (χ2n) is 5.06. The Labute approximate surface area is 151 Å². The molecule has 4 nitrogen and oxygen atoms in total. The van der Waals surface area contributed by atoms with Gasteiger partial charge in [-0.05, 0) is 48.9 Å². The average molecular weight is 403 g/mol. The quantitative estimate of drug-likeness (QED) is 0.664. The predicted molar refractivity (Wildman–Crippen MR) is 103 cm³/mol. The maximum absolute atomic E-state index is 12.2. The van der Waals surface area contributed by atoms with E-state index in [1.165, 1.54) is 0 Å². The van der Waals surface area contributed by atoms with Crippen LogP contribution in [0.5, 0.6) is 5.75 Å². The number of hydrogen-bond acceptors (Lipinski definition) is 5. The van der Waals surface area contributed by atoms with Gasteiger partial charge in [0.15, 0.2) is 10.2 Å². The summed E-state index contributed by atoms with van der Waals surface area (Å²) < 4.78 is 41.3. The summed E-state index contributed by atoms with van der Waals surface area (Å²) in [6, 6.07) is 14.2. The molecule has 0 N–H and O–H groups in total. The van der Waals surface area contributed by atoms with Crippen molar-refractivity contribution in [1.29, 1.82) is 0 Å². The van der Waals surface area contributed by atoms with Gasteiger partial charge in [-0.2, -0.15) is 0 Å². The lowest BCUT2D eigenvalue weighted by molar-refractivity contribution is 0.610. The van der Waals surface area contributed by atoms with Crippen molar-refractivity contribution in [2.24, 2.45) is 0 Å². The van der Waals surface area contributed by atoms with E-state index in [2.05, 4.69) is 0 Å². The minimum atomic E-state index is -3.41. The second kappa shape index (κ2) is 8.84. The van der Waals surface area contributed by atoms with E-state index in [4.69, 9.17) is 4.18 Å². The standard InChI is InChI=1S/C16H18O4S4/c1-13-3-7-15(8-4-13)20-23(22-17)12-11-21-24(18,19)16-9-5-14(2)6-10-16/h3-10H,11-12H2,1-2H3. The molecule has 0 aliphatic heterocycles. The molecule has 0 amide bonds. The molecule has 0 aliphatic carbocycles. The summed E-state index contributed by atoms with van der Waals surface area (Å²) in [6.45, 7) is 3.88. The van der Waals surface area contributed by atoms with Crippen LogP contribution in [0.25, 0.3) is 0 Å². The van der Waals surface area contributed by atoms with Gasteiger partial charge in [0.1, 0.15) is 5.75 Å². The van der Waals surface area contributed by atoms with Crippen molar-refractivity contribution in [1.82, 2.24) is 0 Å². The molecule has 0 radical (unpaired) electrons. The molecule has 0 bridgehead atoms. The van der Waals surface area contributed by atoms with Crippen molar-refractivity contribution < 1.29 is 16.8 Å². The van der Waals surface area contributed by atoms with Crippen molar-refractivity contribution in [3.63, 3.8) is 0 Å². The Morgan fingerprint density at radius 2 is 1.50 bits per heavy atom. The third-order valence-corrected chi connectivity index (χ3v) is 9.11. The van der Waals surface area contributed by atoms with E-state index in [1.807, 2.05) is 38.1 Å². The molecule has 2 rings (SSSR count). The fourth-order valence-corrected chi connectivity index (χ4v) is 7.07. The molecule has 0 aromatic heterocycles. The zero-order chi connectivity index (χ0) is 17.6. The third kappa shape index (κ3) is 5.77. The molecule has 1 atom stereocenters. The van der Waals surface area contributed by atoms with Crippen molar-refractivity contribution >= 4 is 39.6 Å². The Bertz CT molecular complexity index is 837. The molecule has 2 aromatic rings. The predicted octanol–water partition coefficient (Wildman–Crippen LogP) is 3.47. The van der Waals surface area contributed by atoms with Gasteiger partial charge in [-0.3, -0.25) is 0 Å². The van der Waals surface area contributed by atoms with Crippen LogP contribution >= 0.6 is 10.8 Å².